The van der Waals surface area contributed by atoms with Crippen LogP contribution in [0.25, 0.3) is 0 Å². The molecule has 0 aromatic carbocycles. The van der Waals surface area contributed by atoms with Gasteiger partial charge in [-0.3, -0.25) is 19.2 Å². The Kier molecular flexibility index (Phi) is 5.69. The van der Waals surface area contributed by atoms with Crippen molar-refractivity contribution >= 4 is 24.1 Å². The van der Waals surface area contributed by atoms with E-state index in [0.717, 1.165) is 0 Å². The third-order valence-corrected chi connectivity index (χ3v) is 1.60. The van der Waals surface area contributed by atoms with Gasteiger partial charge < -0.3 is 16.2 Å². The van der Waals surface area contributed by atoms with Crippen LogP contribution in [0.5, 0.6) is 0 Å². The molecule has 0 aromatic heterocycles. The van der Waals surface area contributed by atoms with E-state index in [4.69, 9.17) is 11.5 Å². The summed E-state index contributed by atoms with van der Waals surface area (Å²) >= 11 is 0. The Morgan fingerprint density at radius 1 is 1.20 bits per heavy atom. The number of hydrogen-bond acceptors (Lipinski definition) is 5. The summed E-state index contributed by atoms with van der Waals surface area (Å²) in [7, 11) is 0. The first kappa shape index (κ1) is 13.1. The summed E-state index contributed by atoms with van der Waals surface area (Å²) in [6.45, 7) is 0.0385. The van der Waals surface area contributed by atoms with Crippen molar-refractivity contribution in [2.45, 2.75) is 25.4 Å². The third-order valence-electron chi connectivity index (χ3n) is 1.60. The van der Waals surface area contributed by atoms with Crippen molar-refractivity contribution in [3.05, 3.63) is 0 Å². The van der Waals surface area contributed by atoms with Gasteiger partial charge in [0.2, 0.25) is 5.91 Å². The zero-order chi connectivity index (χ0) is 11.8. The van der Waals surface area contributed by atoms with Gasteiger partial charge in [-0.2, -0.15) is 0 Å². The van der Waals surface area contributed by atoms with Gasteiger partial charge in [0.1, 0.15) is 5.78 Å². The fraction of sp³-hybridized carbons (Fsp3) is 0.500. The average Bonchev–Trinajstić information content (AvgIpc) is 2.14. The topological polar surface area (TPSA) is 130 Å². The number of carbonyl (C=O) groups excluding carboxylic acids is 4. The number of amides is 2. The fourth-order valence-corrected chi connectivity index (χ4v) is 0.854. The lowest BCUT2D eigenvalue weighted by atomic mass is 10.1. The first-order chi connectivity index (χ1) is 6.97. The van der Waals surface area contributed by atoms with Crippen molar-refractivity contribution in [3.63, 3.8) is 0 Å². The number of hydrogen-bond donors (Lipinski definition) is 2. The maximum atomic E-state index is 11.1. The van der Waals surface area contributed by atoms with Gasteiger partial charge in [0.05, 0.1) is 6.42 Å². The molecule has 84 valence electrons. The molecule has 0 spiro atoms. The van der Waals surface area contributed by atoms with Gasteiger partial charge >= 0.3 is 0 Å². The highest BCUT2D eigenvalue weighted by Gasteiger charge is 2.20. The smallest absolute Gasteiger partial charge is 0.293 e. The average molecular weight is 216 g/mol. The van der Waals surface area contributed by atoms with Crippen LogP contribution in [0.1, 0.15) is 19.3 Å². The monoisotopic (exact) mass is 216 g/mol. The Morgan fingerprint density at radius 3 is 2.20 bits per heavy atom. The molecular weight excluding hydrogens is 204 g/mol. The minimum absolute atomic E-state index is 0.0385. The molecule has 7 nitrogen and oxygen atoms in total. The zero-order valence-electron chi connectivity index (χ0n) is 7.97. The molecule has 1 unspecified atom stereocenters. The van der Waals surface area contributed by atoms with E-state index < -0.39 is 23.7 Å². The molecule has 15 heavy (non-hydrogen) atoms. The number of rotatable bonds is 8. The van der Waals surface area contributed by atoms with Crippen LogP contribution >= 0.6 is 0 Å². The zero-order valence-corrected chi connectivity index (χ0v) is 7.97. The van der Waals surface area contributed by atoms with Crippen molar-refractivity contribution in [2.75, 3.05) is 0 Å². The van der Waals surface area contributed by atoms with Crippen LogP contribution < -0.4 is 11.5 Å². The first-order valence-electron chi connectivity index (χ1n) is 4.15. The van der Waals surface area contributed by atoms with Gasteiger partial charge in [0.25, 0.3) is 12.4 Å². The van der Waals surface area contributed by atoms with Crippen molar-refractivity contribution in [2.24, 2.45) is 11.5 Å². The highest BCUT2D eigenvalue weighted by molar-refractivity contribution is 5.89. The second kappa shape index (κ2) is 6.52. The molecular formula is C8H12N2O5. The van der Waals surface area contributed by atoms with Gasteiger partial charge in [-0.1, -0.05) is 0 Å². The molecule has 0 saturated carbocycles. The van der Waals surface area contributed by atoms with Crippen LogP contribution in [0.3, 0.4) is 0 Å². The van der Waals surface area contributed by atoms with Crippen LogP contribution in [-0.2, 0) is 23.9 Å². The lowest BCUT2D eigenvalue weighted by Crippen LogP contribution is -2.33. The van der Waals surface area contributed by atoms with E-state index >= 15 is 0 Å². The maximum absolute atomic E-state index is 11.1. The summed E-state index contributed by atoms with van der Waals surface area (Å²) in [6.07, 6.45) is -1.81. The lowest BCUT2D eigenvalue weighted by Gasteiger charge is -2.09. The standard InChI is InChI=1S/C8H12N2O5/c9-7(13)2-1-5(12)3-6(8(10)14)15-4-11/h4,6H,1-3H2,(H2,9,13)(H2,10,14). The molecule has 0 aromatic rings. The molecule has 0 heterocycles. The molecule has 0 rings (SSSR count). The highest BCUT2D eigenvalue weighted by atomic mass is 16.5. The maximum Gasteiger partial charge on any atom is 0.293 e. The van der Waals surface area contributed by atoms with Crippen LogP contribution in [0, 0.1) is 0 Å². The van der Waals surface area contributed by atoms with Gasteiger partial charge in [-0.05, 0) is 0 Å². The number of Topliss-reactive ketones (excluding diaryl/α,β-unsaturated/α-hetero) is 1. The van der Waals surface area contributed by atoms with E-state index in [0.29, 0.717) is 0 Å². The summed E-state index contributed by atoms with van der Waals surface area (Å²) in [5.74, 6) is -1.94. The van der Waals surface area contributed by atoms with Gasteiger partial charge in [0.15, 0.2) is 6.10 Å². The molecule has 0 bridgehead atoms. The molecule has 2 amide bonds. The van der Waals surface area contributed by atoms with E-state index in [1.54, 1.807) is 0 Å². The summed E-state index contributed by atoms with van der Waals surface area (Å²) in [5, 5.41) is 0. The van der Waals surface area contributed by atoms with Gasteiger partial charge in [-0.15, -0.1) is 0 Å². The van der Waals surface area contributed by atoms with E-state index in [2.05, 4.69) is 4.74 Å². The molecule has 0 aliphatic heterocycles. The Bertz CT molecular complexity index is 276. The molecule has 0 fully saturated rings. The van der Waals surface area contributed by atoms with E-state index in [-0.39, 0.29) is 25.7 Å². The van der Waals surface area contributed by atoms with E-state index in [1.165, 1.54) is 0 Å². The van der Waals surface area contributed by atoms with Crippen LogP contribution in [0.2, 0.25) is 0 Å². The van der Waals surface area contributed by atoms with Crippen molar-refractivity contribution in [1.82, 2.24) is 0 Å². The minimum atomic E-state index is -1.28. The third kappa shape index (κ3) is 6.19. The normalized spacial score (nSPS) is 11.5. The number of primary amides is 2. The largest absolute Gasteiger partial charge is 0.454 e. The highest BCUT2D eigenvalue weighted by Crippen LogP contribution is 2.02. The summed E-state index contributed by atoms with van der Waals surface area (Å²) in [4.78, 5) is 42.1. The summed E-state index contributed by atoms with van der Waals surface area (Å²) in [5.41, 5.74) is 9.68. The number of ketones is 1. The van der Waals surface area contributed by atoms with Crippen molar-refractivity contribution in [1.29, 1.82) is 0 Å². The van der Waals surface area contributed by atoms with Crippen LogP contribution in [0.4, 0.5) is 0 Å². The quantitative estimate of drug-likeness (QED) is 0.464. The Morgan fingerprint density at radius 2 is 1.80 bits per heavy atom. The predicted molar refractivity (Wildman–Crippen MR) is 48.2 cm³/mol. The Hall–Kier alpha value is -1.92. The minimum Gasteiger partial charge on any atom is -0.454 e. The Labute approximate surface area is 85.7 Å². The summed E-state index contributed by atoms with van der Waals surface area (Å²) in [6, 6.07) is 0. The molecule has 1 atom stereocenters. The molecule has 7 heteroatoms. The predicted octanol–water partition coefficient (Wildman–Crippen LogP) is -1.76. The Balaban J connectivity index is 4.05. The fourth-order valence-electron chi connectivity index (χ4n) is 0.854. The van der Waals surface area contributed by atoms with Crippen LogP contribution in [-0.4, -0.2) is 30.2 Å². The first-order valence-corrected chi connectivity index (χ1v) is 4.15. The van der Waals surface area contributed by atoms with Crippen LogP contribution in [0.15, 0.2) is 0 Å². The SMILES string of the molecule is NC(=O)CCC(=O)CC(OC=O)C(N)=O. The second-order valence-corrected chi connectivity index (χ2v) is 2.83. The van der Waals surface area contributed by atoms with E-state index in [1.807, 2.05) is 0 Å². The van der Waals surface area contributed by atoms with Crippen molar-refractivity contribution < 1.29 is 23.9 Å². The molecule has 0 aliphatic carbocycles. The molecule has 0 radical (unpaired) electrons. The number of nitrogens with two attached hydrogens (primary N) is 2. The number of ether oxygens (including phenoxy) is 1. The molecule has 0 aliphatic rings. The van der Waals surface area contributed by atoms with Gasteiger partial charge in [0, 0.05) is 12.8 Å². The van der Waals surface area contributed by atoms with Crippen molar-refractivity contribution in [3.8, 4) is 0 Å². The second-order valence-electron chi connectivity index (χ2n) is 2.83. The van der Waals surface area contributed by atoms with E-state index in [9.17, 15) is 19.2 Å². The summed E-state index contributed by atoms with van der Waals surface area (Å²) < 4.78 is 4.29. The molecule has 0 saturated heterocycles. The van der Waals surface area contributed by atoms with Gasteiger partial charge in [-0.25, -0.2) is 0 Å². The number of carbonyl (C=O) groups is 4. The lowest BCUT2D eigenvalue weighted by molar-refractivity contribution is -0.145. The molecule has 4 N–H and O–H groups in total.